The molecule has 270 valence electrons. The third-order valence-corrected chi connectivity index (χ3v) is 10.7. The fourth-order valence-electron chi connectivity index (χ4n) is 7.72. The van der Waals surface area contributed by atoms with Crippen molar-refractivity contribution in [3.8, 4) is 0 Å². The molecule has 0 spiro atoms. The van der Waals surface area contributed by atoms with Gasteiger partial charge >= 0.3 is 0 Å². The van der Waals surface area contributed by atoms with Crippen molar-refractivity contribution >= 4 is 29.4 Å². The lowest BCUT2D eigenvalue weighted by molar-refractivity contribution is -0.188. The topological polar surface area (TPSA) is 172 Å². The van der Waals surface area contributed by atoms with Crippen LogP contribution >= 0.6 is 0 Å². The maximum Gasteiger partial charge on any atom is 0.259 e. The lowest BCUT2D eigenvalue weighted by Crippen LogP contribution is -2.77. The second-order valence-electron chi connectivity index (χ2n) is 14.0. The number of piperazine rings is 1. The van der Waals surface area contributed by atoms with Gasteiger partial charge < -0.3 is 31.1 Å². The number of hydrogen-bond acceptors (Lipinski definition) is 9. The molecule has 0 unspecified atom stereocenters. The third kappa shape index (κ3) is 7.19. The number of aromatic nitrogens is 2. The van der Waals surface area contributed by atoms with Gasteiger partial charge in [0.25, 0.3) is 11.8 Å². The zero-order chi connectivity index (χ0) is 37.0. The minimum absolute atomic E-state index is 0.0779. The van der Waals surface area contributed by atoms with Crippen LogP contribution in [0.3, 0.4) is 0 Å². The number of piperidine rings is 1. The smallest absolute Gasteiger partial charge is 0.259 e. The van der Waals surface area contributed by atoms with Crippen molar-refractivity contribution in [2.45, 2.75) is 94.9 Å². The van der Waals surface area contributed by atoms with E-state index in [9.17, 15) is 11.0 Å². The minimum atomic E-state index is -2.34. The van der Waals surface area contributed by atoms with Gasteiger partial charge in [-0.25, -0.2) is 15.0 Å². The predicted molar refractivity (Wildman–Crippen MR) is 185 cm³/mol. The molecule has 6 rings (SSSR count). The van der Waals surface area contributed by atoms with E-state index < -0.39 is 65.0 Å². The number of carbonyl (C=O) groups excluding carboxylic acids is 5. The monoisotopic (exact) mass is 691 g/mol. The molecule has 4 saturated heterocycles. The summed E-state index contributed by atoms with van der Waals surface area (Å²) in [5.41, 5.74) is -1.19. The molecule has 0 radical (unpaired) electrons. The van der Waals surface area contributed by atoms with Gasteiger partial charge in [-0.1, -0.05) is 57.0 Å². The molecule has 0 saturated carbocycles. The molecule has 14 nitrogen and oxygen atoms in total. The molecule has 5 N–H and O–H groups in total. The zero-order valence-corrected chi connectivity index (χ0v) is 29.1. The number of ketones is 1. The molecule has 1 aromatic carbocycles. The van der Waals surface area contributed by atoms with E-state index in [1.54, 1.807) is 11.9 Å². The summed E-state index contributed by atoms with van der Waals surface area (Å²) in [5.74, 6) is -4.03. The van der Waals surface area contributed by atoms with E-state index in [4.69, 9.17) is 1.41 Å². The lowest BCUT2D eigenvalue weighted by Gasteiger charge is -2.51. The summed E-state index contributed by atoms with van der Waals surface area (Å²) < 4.78 is 18.2. The molecule has 4 aliphatic heterocycles. The van der Waals surface area contributed by atoms with E-state index in [0.29, 0.717) is 62.7 Å². The number of H-pyrrole nitrogens is 1. The van der Waals surface area contributed by atoms with Crippen LogP contribution in [0.2, 0.25) is 2.82 Å². The first-order valence-electron chi connectivity index (χ1n) is 19.0. The molecular weight excluding hydrogens is 638 g/mol. The van der Waals surface area contributed by atoms with Gasteiger partial charge in [-0.05, 0) is 43.7 Å². The van der Waals surface area contributed by atoms with Crippen molar-refractivity contribution < 1.29 is 26.8 Å². The minimum Gasteiger partial charge on any atom is -0.348 e. The summed E-state index contributed by atoms with van der Waals surface area (Å²) in [6, 6.07) is 4.52. The van der Waals surface area contributed by atoms with Gasteiger partial charge in [0, 0.05) is 57.5 Å². The van der Waals surface area contributed by atoms with Crippen molar-refractivity contribution in [3.63, 3.8) is 0 Å². The maximum absolute atomic E-state index is 16.0. The van der Waals surface area contributed by atoms with Crippen LogP contribution in [0.25, 0.3) is 0 Å². The summed E-state index contributed by atoms with van der Waals surface area (Å²) in [4.78, 5) is 84.3. The Labute approximate surface area is 296 Å². The van der Waals surface area contributed by atoms with Crippen LogP contribution in [-0.2, 0) is 36.8 Å². The number of hydrazine groups is 1. The number of rotatable bonds is 9. The average molecular weight is 692 g/mol. The van der Waals surface area contributed by atoms with Gasteiger partial charge in [-0.3, -0.25) is 24.0 Å². The number of imidazole rings is 1. The van der Waals surface area contributed by atoms with Crippen molar-refractivity contribution in [1.29, 1.82) is 0 Å². The van der Waals surface area contributed by atoms with Gasteiger partial charge in [-0.15, -0.1) is 0 Å². The molecular formula is C36H51N9O5. The summed E-state index contributed by atoms with van der Waals surface area (Å²) in [6.45, 7) is 5.61. The molecule has 0 bridgehead atoms. The Bertz CT molecular complexity index is 1590. The summed E-state index contributed by atoms with van der Waals surface area (Å²) in [5, 5.41) is 11.0. The number of benzene rings is 1. The first-order valence-corrected chi connectivity index (χ1v) is 18.1. The molecule has 50 heavy (non-hydrogen) atoms. The molecule has 1 aromatic heterocycles. The van der Waals surface area contributed by atoms with Crippen LogP contribution in [-0.4, -0.2) is 123 Å². The van der Waals surface area contributed by atoms with E-state index >= 15 is 14.4 Å². The van der Waals surface area contributed by atoms with Crippen LogP contribution in [0.4, 0.5) is 0 Å². The van der Waals surface area contributed by atoms with E-state index in [1.807, 2.05) is 37.3 Å². The number of fused-ring (bicyclic) bond motifs is 1. The molecule has 4 amide bonds. The SMILES string of the molecule is [2H]N1CCCC[C@H]1C(=O)N(N1CCNCC1)[C@]1(Cc2cnc[nH]2)C(=O)[C@H]([C@@H](C)CC)N([2H])C(=O)[C@@H](Cc2ccccc2)NC(=O)[C@@H]2CCCN2C1=O. The van der Waals surface area contributed by atoms with Gasteiger partial charge in [0.15, 0.2) is 7.20 Å². The lowest BCUT2D eigenvalue weighted by atomic mass is 9.77. The Hall–Kier alpha value is -4.14. The second-order valence-corrected chi connectivity index (χ2v) is 14.0. The third-order valence-electron chi connectivity index (χ3n) is 10.7. The Morgan fingerprint density at radius 2 is 1.82 bits per heavy atom. The number of hydrogen-bond donors (Lipinski definition) is 5. The van der Waals surface area contributed by atoms with E-state index in [2.05, 4.69) is 20.6 Å². The van der Waals surface area contributed by atoms with Gasteiger partial charge in [0.1, 0.15) is 13.5 Å². The number of nitrogens with one attached hydrogen (secondary N) is 5. The largest absolute Gasteiger partial charge is 0.348 e. The number of nitrogens with zero attached hydrogens (tertiary/aromatic N) is 4. The quantitative estimate of drug-likeness (QED) is 0.232. The van der Waals surface area contributed by atoms with Crippen LogP contribution in [0.15, 0.2) is 42.9 Å². The molecule has 14 heteroatoms. The maximum atomic E-state index is 16.0. The Morgan fingerprint density at radius 1 is 1.04 bits per heavy atom. The molecule has 0 aliphatic carbocycles. The highest BCUT2D eigenvalue weighted by Gasteiger charge is 2.61. The number of carbonyl (C=O) groups is 5. The fourth-order valence-corrected chi connectivity index (χ4v) is 7.72. The van der Waals surface area contributed by atoms with Crippen molar-refractivity contribution in [2.24, 2.45) is 5.92 Å². The summed E-state index contributed by atoms with van der Waals surface area (Å²) in [6.07, 6.45) is 5.60. The highest BCUT2D eigenvalue weighted by atomic mass is 16.2. The van der Waals surface area contributed by atoms with Gasteiger partial charge in [0.05, 0.1) is 18.4 Å². The average Bonchev–Trinajstić information content (AvgIpc) is 3.87. The molecule has 2 aromatic rings. The normalized spacial score (nSPS) is 30.2. The van der Waals surface area contributed by atoms with Gasteiger partial charge in [-0.2, -0.15) is 0 Å². The van der Waals surface area contributed by atoms with Gasteiger partial charge in [0.2, 0.25) is 17.4 Å². The molecule has 5 heterocycles. The van der Waals surface area contributed by atoms with Crippen LogP contribution < -0.4 is 21.3 Å². The highest BCUT2D eigenvalue weighted by Crippen LogP contribution is 2.35. The van der Waals surface area contributed by atoms with Crippen LogP contribution in [0.5, 0.6) is 0 Å². The van der Waals surface area contributed by atoms with Crippen molar-refractivity contribution in [3.05, 3.63) is 54.1 Å². The Morgan fingerprint density at radius 3 is 2.52 bits per heavy atom. The predicted octanol–water partition coefficient (Wildman–Crippen LogP) is 0.314. The number of amides is 4. The Kier molecular flexibility index (Phi) is 10.4. The summed E-state index contributed by atoms with van der Waals surface area (Å²) in [7, 11) is 0. The van der Waals surface area contributed by atoms with Crippen molar-refractivity contribution in [2.75, 3.05) is 39.3 Å². The Balaban J connectivity index is 1.59. The highest BCUT2D eigenvalue weighted by molar-refractivity contribution is 6.17. The van der Waals surface area contributed by atoms with E-state index in [-0.39, 0.29) is 32.5 Å². The van der Waals surface area contributed by atoms with Crippen LogP contribution in [0, 0.1) is 5.92 Å². The standard InChI is InChI=1S/C36H51N9O5/c1-3-24(2)30-31(46)36(21-26-22-38-23-40-26,45(43-18-15-37-16-19-43)34(49)27-12-7-8-14-39-27)35(50)44-17-9-13-29(44)33(48)41-28(32(47)42-30)20-25-10-5-4-6-11-25/h4-6,10-11,22-24,27-30,37,39H,3,7-9,12-21H2,1-2H3,(H,38,40)(H,41,48)(H,42,47)/t24-,27-,28+,29-,30-,36+/m0/s1/i/hD2. The summed E-state index contributed by atoms with van der Waals surface area (Å²) >= 11 is 0. The molecule has 4 aliphatic rings. The zero-order valence-electron chi connectivity index (χ0n) is 31.1. The number of Topliss-reactive ketones (excluding diaryl/α,β-unsaturated/α-hetero) is 1. The molecule has 4 fully saturated rings. The van der Waals surface area contributed by atoms with E-state index in [0.717, 1.165) is 12.0 Å². The fraction of sp³-hybridized carbons (Fsp3) is 0.611. The van der Waals surface area contributed by atoms with Crippen LogP contribution in [0.1, 0.15) is 63.6 Å². The van der Waals surface area contributed by atoms with E-state index in [1.165, 1.54) is 27.7 Å². The van der Waals surface area contributed by atoms with Crippen molar-refractivity contribution in [1.82, 2.24) is 46.1 Å². The molecule has 6 atom stereocenters. The number of aromatic amines is 1. The first-order chi connectivity index (χ1) is 25.1. The second kappa shape index (κ2) is 15.8. The first kappa shape index (κ1) is 33.0.